The van der Waals surface area contributed by atoms with Crippen molar-refractivity contribution in [3.05, 3.63) is 34.1 Å². The van der Waals surface area contributed by atoms with Gasteiger partial charge in [-0.3, -0.25) is 4.79 Å². The van der Waals surface area contributed by atoms with Crippen molar-refractivity contribution < 1.29 is 23.8 Å². The van der Waals surface area contributed by atoms with Crippen LogP contribution in [0.15, 0.2) is 22.7 Å². The number of hydrogen-bond donors (Lipinski definition) is 2. The van der Waals surface area contributed by atoms with Gasteiger partial charge in [-0.25, -0.2) is 9.18 Å². The molecule has 0 spiro atoms. The normalized spacial score (nSPS) is 22.2. The number of carbonyl (C=O) groups is 2. The standard InChI is InChI=1S/C12H11BrFNO4/c13-7-2-1-3-8(14)9(7)10(16)15-12(11(17)18)4-5-19-6-12/h1-3H,4-6H2,(H,15,16)(H,17,18). The summed E-state index contributed by atoms with van der Waals surface area (Å²) in [5.41, 5.74) is -1.70. The van der Waals surface area contributed by atoms with Crippen molar-refractivity contribution in [2.45, 2.75) is 12.0 Å². The van der Waals surface area contributed by atoms with E-state index in [9.17, 15) is 19.1 Å². The van der Waals surface area contributed by atoms with E-state index in [-0.39, 0.29) is 29.7 Å². The van der Waals surface area contributed by atoms with Crippen molar-refractivity contribution >= 4 is 27.8 Å². The zero-order valence-corrected chi connectivity index (χ0v) is 11.4. The molecule has 7 heteroatoms. The van der Waals surface area contributed by atoms with Gasteiger partial charge in [0.25, 0.3) is 5.91 Å². The van der Waals surface area contributed by atoms with E-state index in [4.69, 9.17) is 4.74 Å². The summed E-state index contributed by atoms with van der Waals surface area (Å²) in [5, 5.41) is 11.6. The van der Waals surface area contributed by atoms with Gasteiger partial charge in [0.2, 0.25) is 0 Å². The summed E-state index contributed by atoms with van der Waals surface area (Å²) in [4.78, 5) is 23.3. The van der Waals surface area contributed by atoms with Crippen molar-refractivity contribution in [3.63, 3.8) is 0 Å². The molecule has 1 heterocycles. The number of aliphatic carboxylic acids is 1. The molecule has 1 aromatic rings. The molecule has 5 nitrogen and oxygen atoms in total. The molecule has 0 radical (unpaired) electrons. The Morgan fingerprint density at radius 2 is 2.21 bits per heavy atom. The predicted octanol–water partition coefficient (Wildman–Crippen LogP) is 1.56. The van der Waals surface area contributed by atoms with Gasteiger partial charge in [0.05, 0.1) is 12.2 Å². The van der Waals surface area contributed by atoms with Gasteiger partial charge in [-0.1, -0.05) is 6.07 Å². The summed E-state index contributed by atoms with van der Waals surface area (Å²) in [5.74, 6) is -2.69. The van der Waals surface area contributed by atoms with Gasteiger partial charge in [0.1, 0.15) is 5.82 Å². The Bertz CT molecular complexity index is 508. The third kappa shape index (κ3) is 2.62. The highest BCUT2D eigenvalue weighted by molar-refractivity contribution is 9.10. The summed E-state index contributed by atoms with van der Waals surface area (Å²) < 4.78 is 18.9. The minimum Gasteiger partial charge on any atom is -0.479 e. The molecule has 2 rings (SSSR count). The molecule has 1 aliphatic rings. The van der Waals surface area contributed by atoms with Gasteiger partial charge in [0, 0.05) is 17.5 Å². The second-order valence-corrected chi connectivity index (χ2v) is 5.09. The first-order valence-electron chi connectivity index (χ1n) is 5.54. The van der Waals surface area contributed by atoms with E-state index in [1.165, 1.54) is 12.1 Å². The average molecular weight is 332 g/mol. The summed E-state index contributed by atoms with van der Waals surface area (Å²) >= 11 is 3.07. The number of carbonyl (C=O) groups excluding carboxylic acids is 1. The Morgan fingerprint density at radius 3 is 2.74 bits per heavy atom. The van der Waals surface area contributed by atoms with Crippen LogP contribution in [0.3, 0.4) is 0 Å². The van der Waals surface area contributed by atoms with E-state index in [0.29, 0.717) is 0 Å². The second-order valence-electron chi connectivity index (χ2n) is 4.24. The Morgan fingerprint density at radius 1 is 1.47 bits per heavy atom. The van der Waals surface area contributed by atoms with E-state index < -0.39 is 23.2 Å². The predicted molar refractivity (Wildman–Crippen MR) is 67.4 cm³/mol. The molecule has 1 atom stereocenters. The van der Waals surface area contributed by atoms with Gasteiger partial charge in [0.15, 0.2) is 5.54 Å². The molecular weight excluding hydrogens is 321 g/mol. The summed E-state index contributed by atoms with van der Waals surface area (Å²) in [6.45, 7) is 0.116. The topological polar surface area (TPSA) is 75.6 Å². The Hall–Kier alpha value is -1.47. The number of nitrogens with one attached hydrogen (secondary N) is 1. The van der Waals surface area contributed by atoms with Crippen molar-refractivity contribution in [2.75, 3.05) is 13.2 Å². The maximum atomic E-state index is 13.6. The number of amides is 1. The van der Waals surface area contributed by atoms with Gasteiger partial charge < -0.3 is 15.2 Å². The smallest absolute Gasteiger partial charge is 0.331 e. The first-order chi connectivity index (χ1) is 8.96. The van der Waals surface area contributed by atoms with Crippen LogP contribution in [0.5, 0.6) is 0 Å². The Labute approximate surface area is 116 Å². The maximum Gasteiger partial charge on any atom is 0.331 e. The van der Waals surface area contributed by atoms with Crippen molar-refractivity contribution in [1.29, 1.82) is 0 Å². The summed E-state index contributed by atoms with van der Waals surface area (Å²) in [6.07, 6.45) is 0.153. The number of hydrogen-bond acceptors (Lipinski definition) is 3. The Kier molecular flexibility index (Phi) is 3.86. The van der Waals surface area contributed by atoms with Crippen molar-refractivity contribution in [1.82, 2.24) is 5.32 Å². The molecule has 102 valence electrons. The fourth-order valence-corrected chi connectivity index (χ4v) is 2.40. The molecule has 1 aliphatic heterocycles. The lowest BCUT2D eigenvalue weighted by atomic mass is 9.98. The second kappa shape index (κ2) is 5.26. The summed E-state index contributed by atoms with van der Waals surface area (Å²) in [7, 11) is 0. The molecule has 0 aliphatic carbocycles. The van der Waals surface area contributed by atoms with Crippen LogP contribution in [0.2, 0.25) is 0 Å². The number of halogens is 2. The van der Waals surface area contributed by atoms with Crippen molar-refractivity contribution in [2.24, 2.45) is 0 Å². The van der Waals surface area contributed by atoms with Gasteiger partial charge in [-0.2, -0.15) is 0 Å². The minimum atomic E-state index is -1.49. The number of carboxylic acids is 1. The quantitative estimate of drug-likeness (QED) is 0.881. The van der Waals surface area contributed by atoms with E-state index in [1.807, 2.05) is 0 Å². The van der Waals surface area contributed by atoms with Crippen LogP contribution in [0.4, 0.5) is 4.39 Å². The highest BCUT2D eigenvalue weighted by Gasteiger charge is 2.44. The van der Waals surface area contributed by atoms with Crippen LogP contribution < -0.4 is 5.32 Å². The average Bonchev–Trinajstić information content (AvgIpc) is 2.78. The Balaban J connectivity index is 2.28. The largest absolute Gasteiger partial charge is 0.479 e. The fourth-order valence-electron chi connectivity index (χ4n) is 1.88. The highest BCUT2D eigenvalue weighted by Crippen LogP contribution is 2.23. The van der Waals surface area contributed by atoms with Crippen LogP contribution in [-0.4, -0.2) is 35.7 Å². The van der Waals surface area contributed by atoms with Gasteiger partial charge in [-0.05, 0) is 28.1 Å². The molecular formula is C12H11BrFNO4. The molecule has 0 aromatic heterocycles. The third-order valence-electron chi connectivity index (χ3n) is 2.97. The minimum absolute atomic E-state index is 0.125. The number of rotatable bonds is 3. The molecule has 1 amide bonds. The van der Waals surface area contributed by atoms with Crippen LogP contribution in [0.25, 0.3) is 0 Å². The lowest BCUT2D eigenvalue weighted by molar-refractivity contribution is -0.144. The third-order valence-corrected chi connectivity index (χ3v) is 3.63. The molecule has 1 saturated heterocycles. The maximum absolute atomic E-state index is 13.6. The van der Waals surface area contributed by atoms with Crippen LogP contribution in [0.1, 0.15) is 16.8 Å². The van der Waals surface area contributed by atoms with E-state index >= 15 is 0 Å². The van der Waals surface area contributed by atoms with Crippen LogP contribution >= 0.6 is 15.9 Å². The molecule has 0 bridgehead atoms. The fraction of sp³-hybridized carbons (Fsp3) is 0.333. The molecule has 1 aromatic carbocycles. The molecule has 1 unspecified atom stereocenters. The monoisotopic (exact) mass is 331 g/mol. The van der Waals surface area contributed by atoms with Gasteiger partial charge in [-0.15, -0.1) is 0 Å². The highest BCUT2D eigenvalue weighted by atomic mass is 79.9. The van der Waals surface area contributed by atoms with Crippen LogP contribution in [0, 0.1) is 5.82 Å². The number of benzene rings is 1. The molecule has 0 saturated carbocycles. The molecule has 1 fully saturated rings. The molecule has 19 heavy (non-hydrogen) atoms. The number of carboxylic acid groups (broad SMARTS) is 1. The van der Waals surface area contributed by atoms with E-state index in [2.05, 4.69) is 21.2 Å². The zero-order valence-electron chi connectivity index (χ0n) is 9.78. The lowest BCUT2D eigenvalue weighted by Crippen LogP contribution is -2.55. The van der Waals surface area contributed by atoms with Crippen LogP contribution in [-0.2, 0) is 9.53 Å². The summed E-state index contributed by atoms with van der Waals surface area (Å²) in [6, 6.07) is 4.09. The lowest BCUT2D eigenvalue weighted by Gasteiger charge is -2.24. The molecule has 2 N–H and O–H groups in total. The van der Waals surface area contributed by atoms with E-state index in [0.717, 1.165) is 6.07 Å². The van der Waals surface area contributed by atoms with Crippen molar-refractivity contribution in [3.8, 4) is 0 Å². The first kappa shape index (κ1) is 14.0. The van der Waals surface area contributed by atoms with Gasteiger partial charge >= 0.3 is 5.97 Å². The van der Waals surface area contributed by atoms with E-state index in [1.54, 1.807) is 0 Å². The first-order valence-corrected chi connectivity index (χ1v) is 6.33. The SMILES string of the molecule is O=C(NC1(C(=O)O)CCOC1)c1c(F)cccc1Br. The number of ether oxygens (including phenoxy) is 1. The zero-order chi connectivity index (χ0) is 14.0.